The Morgan fingerprint density at radius 2 is 0.903 bits per heavy atom. The minimum atomic E-state index is 0.806. The first-order valence-electron chi connectivity index (χ1n) is 9.48. The third kappa shape index (κ3) is 4.44. The monoisotopic (exact) mass is 596 g/mol. The van der Waals surface area contributed by atoms with Crippen molar-refractivity contribution >= 4 is 47.8 Å². The lowest BCUT2D eigenvalue weighted by Crippen LogP contribution is -1.86. The molecular formula is C24H15Br3N4. The summed E-state index contributed by atoms with van der Waals surface area (Å²) < 4.78 is 3.06. The van der Waals surface area contributed by atoms with E-state index in [9.17, 15) is 0 Å². The molecule has 3 aromatic carbocycles. The Hall–Kier alpha value is -2.48. The predicted octanol–water partition coefficient (Wildman–Crippen LogP) is 8.09. The number of aromatic amines is 2. The average molecular weight is 599 g/mol. The number of imidazole rings is 2. The molecule has 31 heavy (non-hydrogen) atoms. The highest BCUT2D eigenvalue weighted by molar-refractivity contribution is 9.11. The van der Waals surface area contributed by atoms with Gasteiger partial charge >= 0.3 is 0 Å². The van der Waals surface area contributed by atoms with E-state index in [-0.39, 0.29) is 0 Å². The van der Waals surface area contributed by atoms with Crippen molar-refractivity contribution in [1.29, 1.82) is 0 Å². The van der Waals surface area contributed by atoms with Crippen LogP contribution in [0.2, 0.25) is 0 Å². The van der Waals surface area contributed by atoms with E-state index >= 15 is 0 Å². The Morgan fingerprint density at radius 1 is 0.484 bits per heavy atom. The number of rotatable bonds is 4. The molecule has 152 valence electrons. The van der Waals surface area contributed by atoms with E-state index < -0.39 is 0 Å². The summed E-state index contributed by atoms with van der Waals surface area (Å²) in [6.07, 6.45) is 3.72. The molecule has 4 nitrogen and oxygen atoms in total. The van der Waals surface area contributed by atoms with Crippen molar-refractivity contribution in [3.05, 3.63) is 92.5 Å². The van der Waals surface area contributed by atoms with E-state index in [1.54, 1.807) is 0 Å². The molecular weight excluding hydrogens is 584 g/mol. The quantitative estimate of drug-likeness (QED) is 0.220. The van der Waals surface area contributed by atoms with Gasteiger partial charge in [-0.2, -0.15) is 0 Å². The van der Waals surface area contributed by atoms with Gasteiger partial charge in [0.05, 0.1) is 23.8 Å². The zero-order chi connectivity index (χ0) is 21.4. The maximum Gasteiger partial charge on any atom is 0.137 e. The number of benzene rings is 3. The van der Waals surface area contributed by atoms with Crippen molar-refractivity contribution in [2.45, 2.75) is 0 Å². The standard InChI is InChI=1S/C24H15Br3N4/c25-18-5-1-14(2-6-18)21-12-28-23(30-21)16-9-17(11-20(27)10-16)24-29-13-22(31-24)15-3-7-19(26)8-4-15/h1-13H,(H,28,30)(H,29,31). The maximum atomic E-state index is 4.60. The molecule has 7 heteroatoms. The van der Waals surface area contributed by atoms with Gasteiger partial charge in [0.1, 0.15) is 11.6 Å². The van der Waals surface area contributed by atoms with Gasteiger partial charge in [0, 0.05) is 24.5 Å². The normalized spacial score (nSPS) is 11.1. The molecule has 0 amide bonds. The van der Waals surface area contributed by atoms with E-state index in [1.165, 1.54) is 0 Å². The fraction of sp³-hybridized carbons (Fsp3) is 0. The van der Waals surface area contributed by atoms with Crippen molar-refractivity contribution in [1.82, 2.24) is 19.9 Å². The lowest BCUT2D eigenvalue weighted by Gasteiger charge is -2.04. The van der Waals surface area contributed by atoms with Gasteiger partial charge < -0.3 is 9.97 Å². The molecule has 2 N–H and O–H groups in total. The van der Waals surface area contributed by atoms with Crippen LogP contribution >= 0.6 is 47.8 Å². The smallest absolute Gasteiger partial charge is 0.137 e. The summed E-state index contributed by atoms with van der Waals surface area (Å²) in [4.78, 5) is 16.0. The first kappa shape index (κ1) is 20.4. The van der Waals surface area contributed by atoms with Gasteiger partial charge in [0.25, 0.3) is 0 Å². The van der Waals surface area contributed by atoms with Crippen LogP contribution in [-0.2, 0) is 0 Å². The fourth-order valence-corrected chi connectivity index (χ4v) is 4.37. The van der Waals surface area contributed by atoms with E-state index in [0.29, 0.717) is 0 Å². The highest BCUT2D eigenvalue weighted by Gasteiger charge is 2.11. The first-order chi connectivity index (χ1) is 15.0. The Morgan fingerprint density at radius 3 is 1.32 bits per heavy atom. The molecule has 0 aliphatic carbocycles. The number of aromatic nitrogens is 4. The Balaban J connectivity index is 1.48. The maximum absolute atomic E-state index is 4.60. The van der Waals surface area contributed by atoms with Gasteiger partial charge in [0.2, 0.25) is 0 Å². The second-order valence-electron chi connectivity index (χ2n) is 7.03. The Labute approximate surface area is 204 Å². The molecule has 0 aliphatic heterocycles. The number of H-pyrrole nitrogens is 2. The summed E-state index contributed by atoms with van der Waals surface area (Å²) >= 11 is 10.6. The summed E-state index contributed by atoms with van der Waals surface area (Å²) in [5.41, 5.74) is 6.08. The molecule has 0 saturated heterocycles. The summed E-state index contributed by atoms with van der Waals surface area (Å²) in [5, 5.41) is 0. The zero-order valence-electron chi connectivity index (χ0n) is 16.0. The van der Waals surface area contributed by atoms with Crippen LogP contribution in [0.15, 0.2) is 92.5 Å². The van der Waals surface area contributed by atoms with Gasteiger partial charge in [-0.1, -0.05) is 72.1 Å². The summed E-state index contributed by atoms with van der Waals surface area (Å²) in [7, 11) is 0. The van der Waals surface area contributed by atoms with E-state index in [2.05, 4.69) is 98.1 Å². The van der Waals surface area contributed by atoms with Crippen molar-refractivity contribution in [2.75, 3.05) is 0 Å². The molecule has 0 radical (unpaired) electrons. The number of hydrogen-bond donors (Lipinski definition) is 2. The van der Waals surface area contributed by atoms with Gasteiger partial charge in [-0.05, 0) is 53.6 Å². The fourth-order valence-electron chi connectivity index (χ4n) is 3.35. The lowest BCUT2D eigenvalue weighted by molar-refractivity contribution is 1.28. The Kier molecular flexibility index (Phi) is 5.65. The van der Waals surface area contributed by atoms with Gasteiger partial charge in [-0.3, -0.25) is 0 Å². The average Bonchev–Trinajstić information content (AvgIpc) is 3.45. The zero-order valence-corrected chi connectivity index (χ0v) is 20.8. The van der Waals surface area contributed by atoms with Crippen LogP contribution in [-0.4, -0.2) is 19.9 Å². The molecule has 0 aliphatic rings. The molecule has 2 heterocycles. The largest absolute Gasteiger partial charge is 0.338 e. The van der Waals surface area contributed by atoms with E-state index in [1.807, 2.05) is 48.8 Å². The second kappa shape index (κ2) is 8.57. The second-order valence-corrected chi connectivity index (χ2v) is 9.78. The molecule has 0 unspecified atom stereocenters. The number of nitrogens with zero attached hydrogens (tertiary/aromatic N) is 2. The summed E-state index contributed by atoms with van der Waals surface area (Å²) in [6.45, 7) is 0. The SMILES string of the molecule is Brc1ccc(-c2cnc(-c3cc(Br)cc(-c4ncc(-c5ccc(Br)cc5)[nH]4)c3)[nH]2)cc1. The number of hydrogen-bond acceptors (Lipinski definition) is 2. The molecule has 5 rings (SSSR count). The highest BCUT2D eigenvalue weighted by Crippen LogP contribution is 2.31. The van der Waals surface area contributed by atoms with E-state index in [4.69, 9.17) is 0 Å². The van der Waals surface area contributed by atoms with Crippen LogP contribution in [0.25, 0.3) is 45.3 Å². The highest BCUT2D eigenvalue weighted by atomic mass is 79.9. The molecule has 0 bridgehead atoms. The predicted molar refractivity (Wildman–Crippen MR) is 136 cm³/mol. The van der Waals surface area contributed by atoms with Crippen LogP contribution in [0, 0.1) is 0 Å². The molecule has 0 fully saturated rings. The molecule has 0 atom stereocenters. The topological polar surface area (TPSA) is 57.4 Å². The van der Waals surface area contributed by atoms with Crippen LogP contribution in [0.5, 0.6) is 0 Å². The minimum Gasteiger partial charge on any atom is -0.338 e. The number of nitrogens with one attached hydrogen (secondary N) is 2. The minimum absolute atomic E-state index is 0.806. The third-order valence-corrected chi connectivity index (χ3v) is 6.42. The van der Waals surface area contributed by atoms with Gasteiger partial charge in [0.15, 0.2) is 0 Å². The summed E-state index contributed by atoms with van der Waals surface area (Å²) in [5.74, 6) is 1.61. The molecule has 5 aromatic rings. The van der Waals surface area contributed by atoms with Crippen molar-refractivity contribution in [2.24, 2.45) is 0 Å². The first-order valence-corrected chi connectivity index (χ1v) is 11.9. The van der Waals surface area contributed by atoms with Crippen molar-refractivity contribution < 1.29 is 0 Å². The Bertz CT molecular complexity index is 1250. The lowest BCUT2D eigenvalue weighted by atomic mass is 10.1. The van der Waals surface area contributed by atoms with E-state index in [0.717, 1.165) is 58.7 Å². The number of halogens is 3. The molecule has 0 saturated carbocycles. The van der Waals surface area contributed by atoms with Crippen LogP contribution in [0.4, 0.5) is 0 Å². The van der Waals surface area contributed by atoms with Crippen molar-refractivity contribution in [3.63, 3.8) is 0 Å². The van der Waals surface area contributed by atoms with Gasteiger partial charge in [-0.15, -0.1) is 0 Å². The molecule has 2 aromatic heterocycles. The molecule has 0 spiro atoms. The third-order valence-electron chi connectivity index (χ3n) is 4.91. The van der Waals surface area contributed by atoms with Crippen LogP contribution in [0.3, 0.4) is 0 Å². The van der Waals surface area contributed by atoms with Crippen LogP contribution in [0.1, 0.15) is 0 Å². The van der Waals surface area contributed by atoms with Crippen molar-refractivity contribution in [3.8, 4) is 45.3 Å². The van der Waals surface area contributed by atoms with Crippen LogP contribution < -0.4 is 0 Å². The van der Waals surface area contributed by atoms with Gasteiger partial charge in [-0.25, -0.2) is 9.97 Å². The summed E-state index contributed by atoms with van der Waals surface area (Å²) in [6, 6.07) is 22.5.